The molecule has 0 bridgehead atoms. The molecule has 1 aromatic heterocycles. The lowest BCUT2D eigenvalue weighted by Gasteiger charge is -2.22. The minimum absolute atomic E-state index is 0.0841. The number of aromatic amines is 1. The van der Waals surface area contributed by atoms with Crippen molar-refractivity contribution in [2.24, 2.45) is 0 Å². The van der Waals surface area contributed by atoms with Gasteiger partial charge in [-0.1, -0.05) is 6.92 Å². The predicted octanol–water partition coefficient (Wildman–Crippen LogP) is 3.64. The zero-order chi connectivity index (χ0) is 18.0. The Hall–Kier alpha value is -1.79. The van der Waals surface area contributed by atoms with Crippen LogP contribution in [0.2, 0.25) is 0 Å². The fraction of sp³-hybridized carbons (Fsp3) is 0.474. The first kappa shape index (κ1) is 18.0. The van der Waals surface area contributed by atoms with E-state index in [2.05, 4.69) is 22.9 Å². The van der Waals surface area contributed by atoms with Crippen molar-refractivity contribution < 1.29 is 13.2 Å². The molecule has 1 aromatic carbocycles. The summed E-state index contributed by atoms with van der Waals surface area (Å²) in [5.41, 5.74) is 2.80. The van der Waals surface area contributed by atoms with Crippen LogP contribution in [-0.2, 0) is 9.84 Å². The van der Waals surface area contributed by atoms with Gasteiger partial charge in [0.05, 0.1) is 17.8 Å². The highest BCUT2D eigenvalue weighted by Crippen LogP contribution is 2.34. The van der Waals surface area contributed by atoms with Gasteiger partial charge in [0.2, 0.25) is 0 Å². The number of ether oxygens (including phenoxy) is 1. The topological polar surface area (TPSA) is 62.4 Å². The van der Waals surface area contributed by atoms with Gasteiger partial charge in [-0.3, -0.25) is 4.90 Å². The standard InChI is InChI=1S/C19H26N2O3S/c1-4-25(22,23)15-7-10-19(24-3)16(13-15)18-9-8-17(20-18)14(2)21-11-5-6-12-21/h7-10,13-14,20H,4-6,11-12H2,1-3H3. The zero-order valence-electron chi connectivity index (χ0n) is 15.1. The Morgan fingerprint density at radius 2 is 1.92 bits per heavy atom. The maximum Gasteiger partial charge on any atom is 0.178 e. The van der Waals surface area contributed by atoms with Gasteiger partial charge >= 0.3 is 0 Å². The van der Waals surface area contributed by atoms with Crippen LogP contribution in [0.1, 0.15) is 38.4 Å². The number of hydrogen-bond donors (Lipinski definition) is 1. The largest absolute Gasteiger partial charge is 0.496 e. The highest BCUT2D eigenvalue weighted by molar-refractivity contribution is 7.91. The molecule has 2 aromatic rings. The number of likely N-dealkylation sites (tertiary alicyclic amines) is 1. The van der Waals surface area contributed by atoms with Crippen LogP contribution in [0.15, 0.2) is 35.2 Å². The molecule has 1 N–H and O–H groups in total. The third-order valence-electron chi connectivity index (χ3n) is 5.05. The SMILES string of the molecule is CCS(=O)(=O)c1ccc(OC)c(-c2ccc(C(C)N3CCCC3)[nH]2)c1. The molecule has 2 heterocycles. The third-order valence-corrected chi connectivity index (χ3v) is 6.78. The van der Waals surface area contributed by atoms with Gasteiger partial charge in [-0.05, 0) is 63.2 Å². The van der Waals surface area contributed by atoms with Gasteiger partial charge in [-0.15, -0.1) is 0 Å². The Labute approximate surface area is 149 Å². The number of nitrogens with one attached hydrogen (secondary N) is 1. The number of aromatic nitrogens is 1. The second kappa shape index (κ2) is 7.22. The average Bonchev–Trinajstić information content (AvgIpc) is 3.32. The van der Waals surface area contributed by atoms with Crippen LogP contribution in [0.3, 0.4) is 0 Å². The van der Waals surface area contributed by atoms with Gasteiger partial charge in [0.25, 0.3) is 0 Å². The molecule has 0 radical (unpaired) electrons. The summed E-state index contributed by atoms with van der Waals surface area (Å²) in [6.45, 7) is 6.12. The van der Waals surface area contributed by atoms with E-state index in [0.717, 1.165) is 30.0 Å². The number of rotatable bonds is 6. The van der Waals surface area contributed by atoms with Gasteiger partial charge < -0.3 is 9.72 Å². The summed E-state index contributed by atoms with van der Waals surface area (Å²) in [5, 5.41) is 0. The number of sulfone groups is 1. The Morgan fingerprint density at radius 1 is 1.20 bits per heavy atom. The van der Waals surface area contributed by atoms with Gasteiger partial charge in [0, 0.05) is 23.0 Å². The van der Waals surface area contributed by atoms with Crippen molar-refractivity contribution >= 4 is 9.84 Å². The van der Waals surface area contributed by atoms with Crippen molar-refractivity contribution in [3.63, 3.8) is 0 Å². The Bertz CT molecular complexity index is 836. The molecule has 1 aliphatic heterocycles. The van der Waals surface area contributed by atoms with Crippen LogP contribution in [-0.4, -0.2) is 44.3 Å². The van der Waals surface area contributed by atoms with E-state index >= 15 is 0 Å². The van der Waals surface area contributed by atoms with E-state index < -0.39 is 9.84 Å². The Balaban J connectivity index is 1.97. The molecule has 1 fully saturated rings. The fourth-order valence-corrected chi connectivity index (χ4v) is 4.30. The molecule has 1 unspecified atom stereocenters. The van der Waals surface area contributed by atoms with Gasteiger partial charge in [0.15, 0.2) is 9.84 Å². The number of methoxy groups -OCH3 is 1. The van der Waals surface area contributed by atoms with Crippen molar-refractivity contribution in [3.05, 3.63) is 36.0 Å². The first-order valence-corrected chi connectivity index (χ1v) is 10.5. The Kier molecular flexibility index (Phi) is 5.20. The lowest BCUT2D eigenvalue weighted by atomic mass is 10.1. The van der Waals surface area contributed by atoms with Crippen LogP contribution < -0.4 is 4.74 Å². The van der Waals surface area contributed by atoms with E-state index in [1.54, 1.807) is 32.2 Å². The molecule has 0 saturated carbocycles. The summed E-state index contributed by atoms with van der Waals surface area (Å²) < 4.78 is 29.9. The summed E-state index contributed by atoms with van der Waals surface area (Å²) in [4.78, 5) is 6.25. The lowest BCUT2D eigenvalue weighted by Crippen LogP contribution is -2.23. The van der Waals surface area contributed by atoms with Crippen LogP contribution in [0.25, 0.3) is 11.3 Å². The molecular weight excluding hydrogens is 336 g/mol. The van der Waals surface area contributed by atoms with Crippen LogP contribution in [0.5, 0.6) is 5.75 Å². The molecule has 1 atom stereocenters. The highest BCUT2D eigenvalue weighted by Gasteiger charge is 2.22. The van der Waals surface area contributed by atoms with Crippen molar-refractivity contribution in [3.8, 4) is 17.0 Å². The maximum absolute atomic E-state index is 12.2. The molecule has 1 saturated heterocycles. The second-order valence-electron chi connectivity index (χ2n) is 6.51. The monoisotopic (exact) mass is 362 g/mol. The van der Waals surface area contributed by atoms with E-state index in [4.69, 9.17) is 4.74 Å². The molecule has 1 aliphatic rings. The van der Waals surface area contributed by atoms with Crippen LogP contribution in [0, 0.1) is 0 Å². The zero-order valence-corrected chi connectivity index (χ0v) is 15.9. The Morgan fingerprint density at radius 3 is 2.56 bits per heavy atom. The van der Waals surface area contributed by atoms with E-state index in [-0.39, 0.29) is 5.75 Å². The number of H-pyrrole nitrogens is 1. The van der Waals surface area contributed by atoms with Crippen molar-refractivity contribution in [1.29, 1.82) is 0 Å². The van der Waals surface area contributed by atoms with E-state index in [9.17, 15) is 8.42 Å². The normalized spacial score (nSPS) is 16.9. The molecule has 0 spiro atoms. The molecular formula is C19H26N2O3S. The molecule has 5 nitrogen and oxygen atoms in total. The second-order valence-corrected chi connectivity index (χ2v) is 8.79. The van der Waals surface area contributed by atoms with Gasteiger partial charge in [-0.25, -0.2) is 8.42 Å². The van der Waals surface area contributed by atoms with Crippen molar-refractivity contribution in [1.82, 2.24) is 9.88 Å². The van der Waals surface area contributed by atoms with E-state index in [1.165, 1.54) is 12.8 Å². The molecule has 3 rings (SSSR count). The summed E-state index contributed by atoms with van der Waals surface area (Å²) in [6, 6.07) is 9.44. The summed E-state index contributed by atoms with van der Waals surface area (Å²) in [6.07, 6.45) is 2.51. The van der Waals surface area contributed by atoms with E-state index in [1.807, 2.05) is 6.07 Å². The number of benzene rings is 1. The van der Waals surface area contributed by atoms with Crippen LogP contribution >= 0.6 is 0 Å². The quantitative estimate of drug-likeness (QED) is 0.852. The molecule has 136 valence electrons. The minimum atomic E-state index is -3.25. The van der Waals surface area contributed by atoms with E-state index in [0.29, 0.717) is 16.7 Å². The number of hydrogen-bond acceptors (Lipinski definition) is 4. The van der Waals surface area contributed by atoms with Gasteiger partial charge in [0.1, 0.15) is 5.75 Å². The smallest absolute Gasteiger partial charge is 0.178 e. The summed E-state index contributed by atoms with van der Waals surface area (Å²) in [7, 11) is -1.65. The first-order chi connectivity index (χ1) is 12.0. The minimum Gasteiger partial charge on any atom is -0.496 e. The lowest BCUT2D eigenvalue weighted by molar-refractivity contribution is 0.259. The predicted molar refractivity (Wildman–Crippen MR) is 99.7 cm³/mol. The maximum atomic E-state index is 12.2. The highest BCUT2D eigenvalue weighted by atomic mass is 32.2. The first-order valence-electron chi connectivity index (χ1n) is 8.80. The summed E-state index contributed by atoms with van der Waals surface area (Å²) >= 11 is 0. The average molecular weight is 362 g/mol. The van der Waals surface area contributed by atoms with Crippen molar-refractivity contribution in [2.45, 2.75) is 37.6 Å². The van der Waals surface area contributed by atoms with Crippen molar-refractivity contribution in [2.75, 3.05) is 26.0 Å². The molecule has 0 aliphatic carbocycles. The molecule has 0 amide bonds. The molecule has 25 heavy (non-hydrogen) atoms. The van der Waals surface area contributed by atoms with Gasteiger partial charge in [-0.2, -0.15) is 0 Å². The third kappa shape index (κ3) is 3.60. The summed E-state index contributed by atoms with van der Waals surface area (Å²) in [5.74, 6) is 0.748. The van der Waals surface area contributed by atoms with Crippen LogP contribution in [0.4, 0.5) is 0 Å². The number of nitrogens with zero attached hydrogens (tertiary/aromatic N) is 1. The fourth-order valence-electron chi connectivity index (χ4n) is 3.40. The molecule has 6 heteroatoms.